The largest absolute Gasteiger partial charge is 0.287 e. The van der Waals surface area contributed by atoms with E-state index in [1.54, 1.807) is 0 Å². The van der Waals surface area contributed by atoms with E-state index in [9.17, 15) is 18.4 Å². The Morgan fingerprint density at radius 1 is 0.880 bits per heavy atom. The van der Waals surface area contributed by atoms with Crippen molar-refractivity contribution in [3.05, 3.63) is 77.5 Å². The highest BCUT2D eigenvalue weighted by molar-refractivity contribution is 5.98. The molecule has 6 nitrogen and oxygen atoms in total. The molecule has 0 fully saturated rings. The predicted octanol–water partition coefficient (Wildman–Crippen LogP) is 2.43. The molecule has 3 N–H and O–H groups in total. The molecule has 8 heteroatoms. The van der Waals surface area contributed by atoms with E-state index in [1.165, 1.54) is 6.07 Å². The summed E-state index contributed by atoms with van der Waals surface area (Å²) < 4.78 is 26.2. The summed E-state index contributed by atoms with van der Waals surface area (Å²) in [5.74, 6) is -3.29. The van der Waals surface area contributed by atoms with Gasteiger partial charge in [-0.15, -0.1) is 0 Å². The third-order valence-corrected chi connectivity index (χ3v) is 3.31. The van der Waals surface area contributed by atoms with Crippen molar-refractivity contribution in [2.75, 3.05) is 0 Å². The van der Waals surface area contributed by atoms with Crippen LogP contribution in [0.5, 0.6) is 0 Å². The van der Waals surface area contributed by atoms with Crippen molar-refractivity contribution in [3.8, 4) is 11.3 Å². The van der Waals surface area contributed by atoms with Crippen LogP contribution in [-0.2, 0) is 0 Å². The number of H-pyrrole nitrogens is 1. The number of rotatable bonds is 3. The first-order valence-corrected chi connectivity index (χ1v) is 7.20. The fourth-order valence-corrected chi connectivity index (χ4v) is 2.13. The second-order valence-electron chi connectivity index (χ2n) is 5.10. The maximum absolute atomic E-state index is 13.1. The van der Waals surface area contributed by atoms with Crippen LogP contribution in [0.3, 0.4) is 0 Å². The van der Waals surface area contributed by atoms with Crippen LogP contribution in [0.1, 0.15) is 20.8 Å². The summed E-state index contributed by atoms with van der Waals surface area (Å²) in [4.78, 5) is 23.8. The molecule has 0 aliphatic heterocycles. The van der Waals surface area contributed by atoms with E-state index in [0.29, 0.717) is 11.8 Å². The Bertz CT molecular complexity index is 905. The van der Waals surface area contributed by atoms with Gasteiger partial charge in [-0.2, -0.15) is 5.10 Å². The molecule has 1 aromatic heterocycles. The van der Waals surface area contributed by atoms with Crippen LogP contribution in [0.25, 0.3) is 11.3 Å². The van der Waals surface area contributed by atoms with E-state index in [-0.39, 0.29) is 11.3 Å². The van der Waals surface area contributed by atoms with Crippen molar-refractivity contribution in [1.82, 2.24) is 21.0 Å². The van der Waals surface area contributed by atoms with E-state index in [2.05, 4.69) is 21.0 Å². The summed E-state index contributed by atoms with van der Waals surface area (Å²) in [6, 6.07) is 13.1. The van der Waals surface area contributed by atoms with E-state index < -0.39 is 23.4 Å². The van der Waals surface area contributed by atoms with Crippen LogP contribution in [0.2, 0.25) is 0 Å². The van der Waals surface area contributed by atoms with E-state index in [0.717, 1.165) is 17.7 Å². The molecular formula is C17H12F2N4O2. The molecule has 1 heterocycles. The molecule has 3 aromatic rings. The van der Waals surface area contributed by atoms with Crippen LogP contribution in [0.4, 0.5) is 8.78 Å². The lowest BCUT2D eigenvalue weighted by atomic mass is 10.1. The standard InChI is InChI=1S/C17H12F2N4O2/c18-12-6-11(7-13(19)8-12)16(24)22-23-17(25)15-9-14(20-21-15)10-4-2-1-3-5-10/h1-9H,(H,20,21)(H,22,24)(H,23,25). The SMILES string of the molecule is O=C(NNC(=O)c1cc(-c2ccccc2)n[nH]1)c1cc(F)cc(F)c1. The molecule has 0 atom stereocenters. The first-order valence-electron chi connectivity index (χ1n) is 7.20. The van der Waals surface area contributed by atoms with Gasteiger partial charge < -0.3 is 0 Å². The van der Waals surface area contributed by atoms with Gasteiger partial charge >= 0.3 is 0 Å². The highest BCUT2D eigenvalue weighted by Crippen LogP contribution is 2.16. The van der Waals surface area contributed by atoms with Gasteiger partial charge in [0.05, 0.1) is 5.69 Å². The first kappa shape index (κ1) is 16.3. The van der Waals surface area contributed by atoms with Crippen molar-refractivity contribution >= 4 is 11.8 Å². The number of carbonyl (C=O) groups excluding carboxylic acids is 2. The van der Waals surface area contributed by atoms with Crippen molar-refractivity contribution in [1.29, 1.82) is 0 Å². The smallest absolute Gasteiger partial charge is 0.272 e. The number of hydrazine groups is 1. The lowest BCUT2D eigenvalue weighted by molar-refractivity contribution is 0.0843. The van der Waals surface area contributed by atoms with E-state index >= 15 is 0 Å². The molecule has 2 aromatic carbocycles. The number of aromatic nitrogens is 2. The van der Waals surface area contributed by atoms with Crippen molar-refractivity contribution in [2.24, 2.45) is 0 Å². The molecule has 0 bridgehead atoms. The summed E-state index contributed by atoms with van der Waals surface area (Å²) in [7, 11) is 0. The quantitative estimate of drug-likeness (QED) is 0.639. The zero-order valence-electron chi connectivity index (χ0n) is 12.7. The number of carbonyl (C=O) groups is 2. The summed E-state index contributed by atoms with van der Waals surface area (Å²) in [5, 5.41) is 6.57. The molecular weight excluding hydrogens is 330 g/mol. The van der Waals surface area contributed by atoms with Crippen LogP contribution in [-0.4, -0.2) is 22.0 Å². The molecule has 25 heavy (non-hydrogen) atoms. The van der Waals surface area contributed by atoms with Gasteiger partial charge in [0, 0.05) is 17.2 Å². The zero-order valence-corrected chi connectivity index (χ0v) is 12.7. The summed E-state index contributed by atoms with van der Waals surface area (Å²) >= 11 is 0. The zero-order chi connectivity index (χ0) is 17.8. The molecule has 0 unspecified atom stereocenters. The molecule has 0 aliphatic rings. The summed E-state index contributed by atoms with van der Waals surface area (Å²) in [6.07, 6.45) is 0. The van der Waals surface area contributed by atoms with Gasteiger partial charge in [-0.3, -0.25) is 25.5 Å². The molecule has 0 aliphatic carbocycles. The molecule has 0 saturated carbocycles. The average molecular weight is 342 g/mol. The van der Waals surface area contributed by atoms with Crippen LogP contribution in [0, 0.1) is 11.6 Å². The summed E-state index contributed by atoms with van der Waals surface area (Å²) in [6.45, 7) is 0. The molecule has 0 radical (unpaired) electrons. The molecule has 0 saturated heterocycles. The van der Waals surface area contributed by atoms with Gasteiger partial charge in [0.2, 0.25) is 0 Å². The molecule has 0 spiro atoms. The average Bonchev–Trinajstić information content (AvgIpc) is 3.09. The number of benzene rings is 2. The fourth-order valence-electron chi connectivity index (χ4n) is 2.13. The van der Waals surface area contributed by atoms with Gasteiger partial charge in [-0.1, -0.05) is 30.3 Å². The number of halogens is 2. The van der Waals surface area contributed by atoms with E-state index in [1.807, 2.05) is 30.3 Å². The normalized spacial score (nSPS) is 10.3. The predicted molar refractivity (Wildman–Crippen MR) is 85.3 cm³/mol. The van der Waals surface area contributed by atoms with Gasteiger partial charge in [0.15, 0.2) is 0 Å². The maximum atomic E-state index is 13.1. The van der Waals surface area contributed by atoms with Gasteiger partial charge in [0.1, 0.15) is 17.3 Å². The highest BCUT2D eigenvalue weighted by Gasteiger charge is 2.13. The second-order valence-corrected chi connectivity index (χ2v) is 5.10. The Hall–Kier alpha value is -3.55. The minimum atomic E-state index is -0.891. The Balaban J connectivity index is 1.65. The number of hydrogen-bond donors (Lipinski definition) is 3. The number of nitrogens with one attached hydrogen (secondary N) is 3. The minimum Gasteiger partial charge on any atom is -0.272 e. The number of nitrogens with zero attached hydrogens (tertiary/aromatic N) is 1. The van der Waals surface area contributed by atoms with Crippen LogP contribution >= 0.6 is 0 Å². The summed E-state index contributed by atoms with van der Waals surface area (Å²) in [5.41, 5.74) is 5.46. The third kappa shape index (κ3) is 3.86. The Morgan fingerprint density at radius 2 is 1.52 bits per heavy atom. The van der Waals surface area contributed by atoms with E-state index in [4.69, 9.17) is 0 Å². The minimum absolute atomic E-state index is 0.115. The lowest BCUT2D eigenvalue weighted by Crippen LogP contribution is -2.41. The van der Waals surface area contributed by atoms with Gasteiger partial charge in [-0.25, -0.2) is 8.78 Å². The van der Waals surface area contributed by atoms with Crippen LogP contribution < -0.4 is 10.9 Å². The third-order valence-electron chi connectivity index (χ3n) is 3.31. The number of aromatic amines is 1. The molecule has 126 valence electrons. The molecule has 3 rings (SSSR count). The van der Waals surface area contributed by atoms with Gasteiger partial charge in [0.25, 0.3) is 11.8 Å². The first-order chi connectivity index (χ1) is 12.0. The maximum Gasteiger partial charge on any atom is 0.287 e. The number of amides is 2. The fraction of sp³-hybridized carbons (Fsp3) is 0. The van der Waals surface area contributed by atoms with Gasteiger partial charge in [-0.05, 0) is 18.2 Å². The van der Waals surface area contributed by atoms with Crippen LogP contribution in [0.15, 0.2) is 54.6 Å². The Kier molecular flexibility index (Phi) is 4.51. The second kappa shape index (κ2) is 6.91. The monoisotopic (exact) mass is 342 g/mol. The number of hydrogen-bond acceptors (Lipinski definition) is 3. The topological polar surface area (TPSA) is 86.9 Å². The van der Waals surface area contributed by atoms with Crippen molar-refractivity contribution in [3.63, 3.8) is 0 Å². The van der Waals surface area contributed by atoms with Crippen molar-refractivity contribution in [2.45, 2.75) is 0 Å². The highest BCUT2D eigenvalue weighted by atomic mass is 19.1. The Morgan fingerprint density at radius 3 is 2.20 bits per heavy atom. The Labute approximate surface area is 140 Å². The lowest BCUT2D eigenvalue weighted by Gasteiger charge is -2.06. The molecule has 2 amide bonds. The van der Waals surface area contributed by atoms with Crippen molar-refractivity contribution < 1.29 is 18.4 Å².